The lowest BCUT2D eigenvalue weighted by Gasteiger charge is -2.37. The minimum absolute atomic E-state index is 0.117. The van der Waals surface area contributed by atoms with Crippen LogP contribution in [0.15, 0.2) is 54.7 Å². The molecule has 1 amide bonds. The van der Waals surface area contributed by atoms with E-state index in [1.54, 1.807) is 6.07 Å². The van der Waals surface area contributed by atoms with Crippen LogP contribution in [0.25, 0.3) is 0 Å². The van der Waals surface area contributed by atoms with Gasteiger partial charge in [0.2, 0.25) is 5.91 Å². The molecule has 2 fully saturated rings. The van der Waals surface area contributed by atoms with Crippen molar-refractivity contribution in [3.05, 3.63) is 80.9 Å². The Bertz CT molecular complexity index is 998. The van der Waals surface area contributed by atoms with Crippen molar-refractivity contribution in [1.29, 1.82) is 0 Å². The molecule has 0 radical (unpaired) electrons. The van der Waals surface area contributed by atoms with E-state index in [-0.39, 0.29) is 17.9 Å². The van der Waals surface area contributed by atoms with Crippen molar-refractivity contribution >= 4 is 47.0 Å². The van der Waals surface area contributed by atoms with Gasteiger partial charge in [-0.3, -0.25) is 4.79 Å². The van der Waals surface area contributed by atoms with E-state index < -0.39 is 5.54 Å². The summed E-state index contributed by atoms with van der Waals surface area (Å²) in [7, 11) is 3.75. The van der Waals surface area contributed by atoms with Crippen LogP contribution in [0, 0.1) is 6.92 Å². The van der Waals surface area contributed by atoms with Crippen LogP contribution in [-0.4, -0.2) is 37.9 Å². The molecule has 4 rings (SSSR count). The molecule has 2 aromatic carbocycles. The fourth-order valence-corrected chi connectivity index (χ4v) is 5.01. The van der Waals surface area contributed by atoms with Gasteiger partial charge in [-0.05, 0) is 95.3 Å². The highest BCUT2D eigenvalue weighted by Gasteiger charge is 2.39. The summed E-state index contributed by atoms with van der Waals surface area (Å²) in [5.74, 6) is 0.160. The van der Waals surface area contributed by atoms with Gasteiger partial charge in [0.25, 0.3) is 0 Å². The molecule has 0 aromatic heterocycles. The lowest BCUT2D eigenvalue weighted by Crippen LogP contribution is -2.55. The van der Waals surface area contributed by atoms with Crippen LogP contribution >= 0.6 is 34.8 Å². The molecule has 2 aromatic rings. The Kier molecular flexibility index (Phi) is 12.3. The zero-order chi connectivity index (χ0) is 26.7. The maximum atomic E-state index is 12.5. The Balaban J connectivity index is 0.000000345. The van der Waals surface area contributed by atoms with Gasteiger partial charge < -0.3 is 20.7 Å². The van der Waals surface area contributed by atoms with Crippen molar-refractivity contribution in [2.45, 2.75) is 62.9 Å². The first-order valence-electron chi connectivity index (χ1n) is 12.1. The lowest BCUT2D eigenvalue weighted by atomic mass is 9.74. The van der Waals surface area contributed by atoms with Crippen LogP contribution < -0.4 is 16.0 Å². The summed E-state index contributed by atoms with van der Waals surface area (Å²) in [6.07, 6.45) is 5.23. The maximum Gasteiger partial charge on any atom is 0.243 e. The summed E-state index contributed by atoms with van der Waals surface area (Å²) in [4.78, 5) is 24.2. The number of allylic oxidation sites excluding steroid dienone is 1. The van der Waals surface area contributed by atoms with Gasteiger partial charge in [0.15, 0.2) is 0 Å². The average Bonchev–Trinajstić information content (AvgIpc) is 3.29. The molecule has 36 heavy (non-hydrogen) atoms. The number of carbonyl (C=O) groups is 2. The molecule has 1 unspecified atom stereocenters. The zero-order valence-electron chi connectivity index (χ0n) is 21.2. The molecule has 196 valence electrons. The molecule has 0 bridgehead atoms. The van der Waals surface area contributed by atoms with E-state index >= 15 is 0 Å². The van der Waals surface area contributed by atoms with Gasteiger partial charge in [0, 0.05) is 20.8 Å². The van der Waals surface area contributed by atoms with Crippen molar-refractivity contribution in [3.63, 3.8) is 0 Å². The Morgan fingerprint density at radius 2 is 1.61 bits per heavy atom. The molecule has 1 saturated carbocycles. The smallest absolute Gasteiger partial charge is 0.243 e. The highest BCUT2D eigenvalue weighted by molar-refractivity contribution is 6.35. The van der Waals surface area contributed by atoms with Crippen LogP contribution in [0.3, 0.4) is 0 Å². The molecule has 1 aliphatic heterocycles. The van der Waals surface area contributed by atoms with Gasteiger partial charge in [0.1, 0.15) is 12.3 Å². The summed E-state index contributed by atoms with van der Waals surface area (Å²) in [5, 5.41) is 10.9. The van der Waals surface area contributed by atoms with Gasteiger partial charge in [0.05, 0.1) is 5.54 Å². The highest BCUT2D eigenvalue weighted by atomic mass is 35.5. The monoisotopic (exact) mass is 551 g/mol. The third-order valence-electron chi connectivity index (χ3n) is 6.32. The summed E-state index contributed by atoms with van der Waals surface area (Å²) in [6.45, 7) is 5.88. The number of carbonyl (C=O) groups excluding carboxylic acids is 2. The van der Waals surface area contributed by atoms with Gasteiger partial charge in [-0.15, -0.1) is 0 Å². The highest BCUT2D eigenvalue weighted by Crippen LogP contribution is 2.40. The van der Waals surface area contributed by atoms with E-state index in [1.807, 2.05) is 57.4 Å². The number of amides is 1. The fourth-order valence-electron chi connectivity index (χ4n) is 4.32. The maximum absolute atomic E-state index is 12.5. The third-order valence-corrected chi connectivity index (χ3v) is 7.13. The van der Waals surface area contributed by atoms with Gasteiger partial charge in [-0.1, -0.05) is 65.1 Å². The predicted molar refractivity (Wildman–Crippen MR) is 151 cm³/mol. The molecule has 2 aliphatic rings. The Hall–Kier alpha value is -2.05. The molecular weight excluding hydrogens is 517 g/mol. The second-order valence-corrected chi connectivity index (χ2v) is 10.6. The number of benzene rings is 2. The SMILES string of the molecule is C=C1CCC(C(=O)NC2(C=O)CCC(c3ccc(Cl)cc3Cl)CC2)N1.CNC.Cc1ccc(Cl)cc1. The minimum atomic E-state index is -0.780. The molecule has 8 heteroatoms. The number of aryl methyl sites for hydroxylation is 1. The molecule has 0 spiro atoms. The summed E-state index contributed by atoms with van der Waals surface area (Å²) >= 11 is 17.9. The van der Waals surface area contributed by atoms with Crippen LogP contribution in [0.1, 0.15) is 55.6 Å². The normalized spacial score (nSPS) is 22.8. The molecular formula is C28H36Cl3N3O2. The van der Waals surface area contributed by atoms with Crippen molar-refractivity contribution in [1.82, 2.24) is 16.0 Å². The molecule has 1 heterocycles. The van der Waals surface area contributed by atoms with Crippen molar-refractivity contribution in [2.24, 2.45) is 0 Å². The van der Waals surface area contributed by atoms with Gasteiger partial charge >= 0.3 is 0 Å². The number of hydrogen-bond acceptors (Lipinski definition) is 4. The number of halogens is 3. The first kappa shape index (κ1) is 30.2. The lowest BCUT2D eigenvalue weighted by molar-refractivity contribution is -0.129. The Morgan fingerprint density at radius 3 is 2.08 bits per heavy atom. The number of aldehydes is 1. The second-order valence-electron chi connectivity index (χ2n) is 9.34. The molecule has 3 N–H and O–H groups in total. The van der Waals surface area contributed by atoms with E-state index in [2.05, 4.69) is 22.5 Å². The average molecular weight is 553 g/mol. The van der Waals surface area contributed by atoms with Crippen LogP contribution in [0.4, 0.5) is 0 Å². The number of hydrogen-bond donors (Lipinski definition) is 3. The second kappa shape index (κ2) is 14.6. The van der Waals surface area contributed by atoms with E-state index in [4.69, 9.17) is 34.8 Å². The van der Waals surface area contributed by atoms with E-state index in [0.717, 1.165) is 48.3 Å². The first-order chi connectivity index (χ1) is 17.1. The summed E-state index contributed by atoms with van der Waals surface area (Å²) in [6, 6.07) is 13.0. The molecule has 1 aliphatic carbocycles. The minimum Gasteiger partial charge on any atom is -0.378 e. The topological polar surface area (TPSA) is 70.2 Å². The standard InChI is InChI=1S/C19H22Cl2N2O2.C7H7Cl.C2H7N/c1-12-2-5-17(22-12)18(25)23-19(11-24)8-6-13(7-9-19)15-4-3-14(20)10-16(15)21;1-6-2-4-7(8)5-3-6;1-3-2/h3-4,10-11,13,17,22H,1-2,5-9H2,(H,23,25);2-5H,1H3;3H,1-2H3. The number of nitrogens with one attached hydrogen (secondary N) is 3. The molecule has 1 saturated heterocycles. The number of rotatable bonds is 4. The van der Waals surface area contributed by atoms with E-state index in [9.17, 15) is 9.59 Å². The van der Waals surface area contributed by atoms with E-state index in [0.29, 0.717) is 22.9 Å². The molecule has 5 nitrogen and oxygen atoms in total. The van der Waals surface area contributed by atoms with E-state index in [1.165, 1.54) is 5.56 Å². The summed E-state index contributed by atoms with van der Waals surface area (Å²) < 4.78 is 0. The quantitative estimate of drug-likeness (QED) is 0.381. The van der Waals surface area contributed by atoms with Gasteiger partial charge in [-0.25, -0.2) is 0 Å². The fraction of sp³-hybridized carbons (Fsp3) is 0.429. The Labute approximate surface area is 230 Å². The third kappa shape index (κ3) is 9.11. The van der Waals surface area contributed by atoms with Crippen LogP contribution in [-0.2, 0) is 9.59 Å². The van der Waals surface area contributed by atoms with Crippen molar-refractivity contribution in [3.8, 4) is 0 Å². The summed E-state index contributed by atoms with van der Waals surface area (Å²) in [5.41, 5.74) is 2.40. The Morgan fingerprint density at radius 1 is 1.03 bits per heavy atom. The molecule has 1 atom stereocenters. The largest absolute Gasteiger partial charge is 0.378 e. The van der Waals surface area contributed by atoms with Crippen molar-refractivity contribution in [2.75, 3.05) is 14.1 Å². The predicted octanol–water partition coefficient (Wildman–Crippen LogP) is 6.45. The first-order valence-corrected chi connectivity index (χ1v) is 13.2. The van der Waals surface area contributed by atoms with Crippen molar-refractivity contribution < 1.29 is 9.59 Å². The van der Waals surface area contributed by atoms with Crippen LogP contribution in [0.5, 0.6) is 0 Å². The van der Waals surface area contributed by atoms with Gasteiger partial charge in [-0.2, -0.15) is 0 Å². The van der Waals surface area contributed by atoms with Crippen LogP contribution in [0.2, 0.25) is 15.1 Å². The zero-order valence-corrected chi connectivity index (χ0v) is 23.4.